The standard InChI is InChI=1S/C19H23FN2O3/c1-22(2)17(13-6-5-7-14(20)10-13)12-21-19(23)16-9-8-15(24-3)11-18(16)25-4/h5-11,17H,12H2,1-4H3,(H,21,23)/t17-/m0/s1. The fourth-order valence-corrected chi connectivity index (χ4v) is 2.58. The van der Waals surface area contributed by atoms with Gasteiger partial charge in [-0.15, -0.1) is 0 Å². The number of nitrogens with one attached hydrogen (secondary N) is 1. The normalized spacial score (nSPS) is 11.9. The molecule has 2 rings (SSSR count). The quantitative estimate of drug-likeness (QED) is 0.838. The first kappa shape index (κ1) is 18.7. The van der Waals surface area contributed by atoms with Gasteiger partial charge in [-0.05, 0) is 43.9 Å². The molecule has 0 aliphatic rings. The van der Waals surface area contributed by atoms with Crippen molar-refractivity contribution in [3.8, 4) is 11.5 Å². The number of carbonyl (C=O) groups excluding carboxylic acids is 1. The van der Waals surface area contributed by atoms with E-state index in [1.54, 1.807) is 31.4 Å². The fourth-order valence-electron chi connectivity index (χ4n) is 2.58. The second kappa shape index (κ2) is 8.48. The lowest BCUT2D eigenvalue weighted by molar-refractivity contribution is 0.0939. The van der Waals surface area contributed by atoms with E-state index in [9.17, 15) is 9.18 Å². The van der Waals surface area contributed by atoms with Crippen LogP contribution in [0.25, 0.3) is 0 Å². The number of methoxy groups -OCH3 is 2. The molecule has 0 aliphatic heterocycles. The van der Waals surface area contributed by atoms with Gasteiger partial charge in [0, 0.05) is 12.6 Å². The number of rotatable bonds is 7. The van der Waals surface area contributed by atoms with E-state index < -0.39 is 0 Å². The zero-order valence-electron chi connectivity index (χ0n) is 14.9. The lowest BCUT2D eigenvalue weighted by Crippen LogP contribution is -2.34. The Morgan fingerprint density at radius 3 is 2.52 bits per heavy atom. The molecule has 1 amide bonds. The van der Waals surface area contributed by atoms with E-state index in [2.05, 4.69) is 5.32 Å². The molecule has 1 atom stereocenters. The van der Waals surface area contributed by atoms with Crippen molar-refractivity contribution in [1.29, 1.82) is 0 Å². The van der Waals surface area contributed by atoms with Crippen LogP contribution in [0.5, 0.6) is 11.5 Å². The van der Waals surface area contributed by atoms with Crippen molar-refractivity contribution in [2.75, 3.05) is 34.9 Å². The molecule has 2 aromatic rings. The maximum Gasteiger partial charge on any atom is 0.255 e. The van der Waals surface area contributed by atoms with Crippen molar-refractivity contribution in [3.63, 3.8) is 0 Å². The molecule has 0 fully saturated rings. The van der Waals surface area contributed by atoms with Gasteiger partial charge in [-0.1, -0.05) is 12.1 Å². The Labute approximate surface area is 147 Å². The van der Waals surface area contributed by atoms with Gasteiger partial charge in [0.05, 0.1) is 25.8 Å². The summed E-state index contributed by atoms with van der Waals surface area (Å²) < 4.78 is 23.9. The minimum Gasteiger partial charge on any atom is -0.497 e. The largest absolute Gasteiger partial charge is 0.497 e. The van der Waals surface area contributed by atoms with Crippen molar-refractivity contribution < 1.29 is 18.7 Å². The molecule has 1 N–H and O–H groups in total. The summed E-state index contributed by atoms with van der Waals surface area (Å²) in [5.74, 6) is 0.485. The minimum atomic E-state index is -0.299. The monoisotopic (exact) mass is 346 g/mol. The van der Waals surface area contributed by atoms with Crippen LogP contribution in [0.3, 0.4) is 0 Å². The van der Waals surface area contributed by atoms with E-state index in [-0.39, 0.29) is 17.8 Å². The number of hydrogen-bond acceptors (Lipinski definition) is 4. The number of benzene rings is 2. The third kappa shape index (κ3) is 4.70. The highest BCUT2D eigenvalue weighted by Gasteiger charge is 2.18. The van der Waals surface area contributed by atoms with Gasteiger partial charge < -0.3 is 19.7 Å². The predicted octanol–water partition coefficient (Wildman–Crippen LogP) is 2.88. The molecule has 25 heavy (non-hydrogen) atoms. The van der Waals surface area contributed by atoms with Gasteiger partial charge in [0.2, 0.25) is 0 Å². The summed E-state index contributed by atoms with van der Waals surface area (Å²) in [7, 11) is 6.82. The summed E-state index contributed by atoms with van der Waals surface area (Å²) in [4.78, 5) is 14.5. The van der Waals surface area contributed by atoms with Crippen LogP contribution in [0.15, 0.2) is 42.5 Å². The highest BCUT2D eigenvalue weighted by molar-refractivity contribution is 5.97. The van der Waals surface area contributed by atoms with Crippen LogP contribution in [-0.2, 0) is 0 Å². The van der Waals surface area contributed by atoms with Crippen LogP contribution < -0.4 is 14.8 Å². The Kier molecular flexibility index (Phi) is 6.36. The van der Waals surface area contributed by atoms with Crippen molar-refractivity contribution >= 4 is 5.91 Å². The fraction of sp³-hybridized carbons (Fsp3) is 0.316. The number of ether oxygens (including phenoxy) is 2. The average Bonchev–Trinajstić information content (AvgIpc) is 2.60. The van der Waals surface area contributed by atoms with E-state index in [0.717, 1.165) is 5.56 Å². The van der Waals surface area contributed by atoms with E-state index in [4.69, 9.17) is 9.47 Å². The zero-order valence-corrected chi connectivity index (χ0v) is 14.9. The van der Waals surface area contributed by atoms with Gasteiger partial charge >= 0.3 is 0 Å². The molecule has 0 saturated heterocycles. The lowest BCUT2D eigenvalue weighted by atomic mass is 10.1. The highest BCUT2D eigenvalue weighted by atomic mass is 19.1. The number of amides is 1. The third-order valence-electron chi connectivity index (χ3n) is 3.97. The summed E-state index contributed by atoms with van der Waals surface area (Å²) in [6, 6.07) is 11.2. The smallest absolute Gasteiger partial charge is 0.255 e. The van der Waals surface area contributed by atoms with Crippen LogP contribution in [0.1, 0.15) is 22.0 Å². The average molecular weight is 346 g/mol. The number of hydrogen-bond donors (Lipinski definition) is 1. The summed E-state index contributed by atoms with van der Waals surface area (Å²) in [5.41, 5.74) is 1.21. The molecule has 0 aliphatic carbocycles. The minimum absolute atomic E-state index is 0.149. The molecule has 0 bridgehead atoms. The molecule has 0 heterocycles. The summed E-state index contributed by atoms with van der Waals surface area (Å²) in [5, 5.41) is 2.89. The zero-order chi connectivity index (χ0) is 18.4. The number of likely N-dealkylation sites (N-methyl/N-ethyl adjacent to an activating group) is 1. The molecule has 0 saturated carbocycles. The molecule has 0 spiro atoms. The van der Waals surface area contributed by atoms with E-state index in [1.165, 1.54) is 19.2 Å². The third-order valence-corrected chi connectivity index (χ3v) is 3.97. The van der Waals surface area contributed by atoms with Crippen molar-refractivity contribution in [3.05, 3.63) is 59.4 Å². The van der Waals surface area contributed by atoms with Crippen molar-refractivity contribution in [2.45, 2.75) is 6.04 Å². The summed E-state index contributed by atoms with van der Waals surface area (Å²) >= 11 is 0. The second-order valence-electron chi connectivity index (χ2n) is 5.81. The molecular formula is C19H23FN2O3. The predicted molar refractivity (Wildman–Crippen MR) is 94.7 cm³/mol. The van der Waals surface area contributed by atoms with Gasteiger partial charge in [-0.25, -0.2) is 4.39 Å². The first-order valence-electron chi connectivity index (χ1n) is 7.88. The van der Waals surface area contributed by atoms with Crippen LogP contribution in [0.4, 0.5) is 4.39 Å². The Balaban J connectivity index is 2.14. The van der Waals surface area contributed by atoms with Gasteiger partial charge in [-0.2, -0.15) is 0 Å². The first-order chi connectivity index (χ1) is 12.0. The van der Waals surface area contributed by atoms with E-state index >= 15 is 0 Å². The molecule has 2 aromatic carbocycles. The van der Waals surface area contributed by atoms with Crippen LogP contribution >= 0.6 is 0 Å². The Hall–Kier alpha value is -2.60. The molecular weight excluding hydrogens is 323 g/mol. The molecule has 5 nitrogen and oxygen atoms in total. The Bertz CT molecular complexity index is 734. The van der Waals surface area contributed by atoms with Gasteiger partial charge in [0.25, 0.3) is 5.91 Å². The summed E-state index contributed by atoms with van der Waals surface area (Å²) in [6.45, 7) is 0.338. The summed E-state index contributed by atoms with van der Waals surface area (Å²) in [6.07, 6.45) is 0. The van der Waals surface area contributed by atoms with Gasteiger partial charge in [0.1, 0.15) is 17.3 Å². The van der Waals surface area contributed by atoms with Gasteiger partial charge in [0.15, 0.2) is 0 Å². The van der Waals surface area contributed by atoms with Crippen LogP contribution in [-0.4, -0.2) is 45.7 Å². The Morgan fingerprint density at radius 1 is 1.16 bits per heavy atom. The second-order valence-corrected chi connectivity index (χ2v) is 5.81. The van der Waals surface area contributed by atoms with Crippen LogP contribution in [0.2, 0.25) is 0 Å². The Morgan fingerprint density at radius 2 is 1.92 bits per heavy atom. The number of nitrogens with zero attached hydrogens (tertiary/aromatic N) is 1. The van der Waals surface area contributed by atoms with E-state index in [1.807, 2.05) is 25.1 Å². The SMILES string of the molecule is COc1ccc(C(=O)NC[C@@H](c2cccc(F)c2)N(C)C)c(OC)c1. The molecule has 6 heteroatoms. The number of halogens is 1. The van der Waals surface area contributed by atoms with Gasteiger partial charge in [-0.3, -0.25) is 4.79 Å². The van der Waals surface area contributed by atoms with Crippen molar-refractivity contribution in [2.24, 2.45) is 0 Å². The van der Waals surface area contributed by atoms with Crippen molar-refractivity contribution in [1.82, 2.24) is 10.2 Å². The molecule has 0 unspecified atom stereocenters. The van der Waals surface area contributed by atoms with Crippen LogP contribution in [0, 0.1) is 5.82 Å². The van der Waals surface area contributed by atoms with E-state index in [0.29, 0.717) is 23.6 Å². The molecule has 0 aromatic heterocycles. The lowest BCUT2D eigenvalue weighted by Gasteiger charge is -2.25. The maximum absolute atomic E-state index is 13.5. The molecule has 0 radical (unpaired) electrons. The highest BCUT2D eigenvalue weighted by Crippen LogP contribution is 2.25. The maximum atomic E-state index is 13.5. The first-order valence-corrected chi connectivity index (χ1v) is 7.88. The topological polar surface area (TPSA) is 50.8 Å². The molecule has 134 valence electrons. The number of carbonyl (C=O) groups is 1.